The van der Waals surface area contributed by atoms with Crippen molar-refractivity contribution in [2.45, 2.75) is 32.0 Å². The Morgan fingerprint density at radius 1 is 1.35 bits per heavy atom. The number of hydrogen-bond acceptors (Lipinski definition) is 2. The van der Waals surface area contributed by atoms with E-state index in [-0.39, 0.29) is 0 Å². The zero-order valence-electron chi connectivity index (χ0n) is 9.41. The number of hydrogen-bond donors (Lipinski definition) is 0. The Morgan fingerprint density at radius 2 is 2.06 bits per heavy atom. The summed E-state index contributed by atoms with van der Waals surface area (Å²) in [5, 5.41) is 3.53. The molecular weight excluding hydrogens is 233 g/mol. The molecule has 0 radical (unpaired) electrons. The van der Waals surface area contributed by atoms with E-state index < -0.39 is 11.9 Å². The Kier molecular flexibility index (Phi) is 3.71. The summed E-state index contributed by atoms with van der Waals surface area (Å²) >= 11 is 0. The number of ether oxygens (including phenoxy) is 1. The Morgan fingerprint density at radius 3 is 2.65 bits per heavy atom. The average Bonchev–Trinajstić information content (AvgIpc) is 2.76. The molecule has 0 aromatic carbocycles. The quantitative estimate of drug-likeness (QED) is 0.822. The van der Waals surface area contributed by atoms with E-state index in [0.29, 0.717) is 12.5 Å². The lowest BCUT2D eigenvalue weighted by atomic mass is 9.97. The van der Waals surface area contributed by atoms with Gasteiger partial charge in [-0.1, -0.05) is 0 Å². The Bertz CT molecular complexity index is 356. The molecule has 0 atom stereocenters. The fraction of sp³-hybridized carbons (Fsp3) is 0.727. The second kappa shape index (κ2) is 5.08. The summed E-state index contributed by atoms with van der Waals surface area (Å²) in [6.45, 7) is 2.07. The van der Waals surface area contributed by atoms with Crippen LogP contribution in [0.2, 0.25) is 0 Å². The minimum Gasteiger partial charge on any atom is -0.381 e. The van der Waals surface area contributed by atoms with Crippen molar-refractivity contribution >= 4 is 0 Å². The molecule has 0 spiro atoms. The van der Waals surface area contributed by atoms with Gasteiger partial charge in [0.15, 0.2) is 5.69 Å². The van der Waals surface area contributed by atoms with Crippen LogP contribution in [0.3, 0.4) is 0 Å². The molecule has 1 aromatic rings. The molecule has 0 unspecified atom stereocenters. The second-order valence-corrected chi connectivity index (χ2v) is 4.31. The van der Waals surface area contributed by atoms with E-state index in [1.54, 1.807) is 0 Å². The summed E-state index contributed by atoms with van der Waals surface area (Å²) < 4.78 is 43.5. The Labute approximate surface area is 97.6 Å². The number of nitrogens with zero attached hydrogens (tertiary/aromatic N) is 2. The van der Waals surface area contributed by atoms with Crippen LogP contribution in [-0.2, 0) is 17.5 Å². The smallest absolute Gasteiger partial charge is 0.381 e. The van der Waals surface area contributed by atoms with Crippen LogP contribution >= 0.6 is 0 Å². The highest BCUT2D eigenvalue weighted by Crippen LogP contribution is 2.27. The lowest BCUT2D eigenvalue weighted by Gasteiger charge is -2.21. The molecule has 1 fully saturated rings. The van der Waals surface area contributed by atoms with E-state index >= 15 is 0 Å². The predicted octanol–water partition coefficient (Wildman–Crippen LogP) is 2.72. The third-order valence-corrected chi connectivity index (χ3v) is 3.04. The van der Waals surface area contributed by atoms with Gasteiger partial charge < -0.3 is 4.74 Å². The lowest BCUT2D eigenvalue weighted by Crippen LogP contribution is -2.17. The number of alkyl halides is 3. The van der Waals surface area contributed by atoms with Gasteiger partial charge >= 0.3 is 6.18 Å². The van der Waals surface area contributed by atoms with Gasteiger partial charge in [-0.25, -0.2) is 0 Å². The van der Waals surface area contributed by atoms with Gasteiger partial charge in [-0.2, -0.15) is 18.3 Å². The molecule has 3 nitrogen and oxygen atoms in total. The summed E-state index contributed by atoms with van der Waals surface area (Å²) in [5.41, 5.74) is -0.815. The van der Waals surface area contributed by atoms with Gasteiger partial charge in [0.2, 0.25) is 0 Å². The zero-order chi connectivity index (χ0) is 12.3. The van der Waals surface area contributed by atoms with Crippen molar-refractivity contribution in [3.8, 4) is 0 Å². The monoisotopic (exact) mass is 248 g/mol. The highest BCUT2D eigenvalue weighted by molar-refractivity contribution is 5.03. The van der Waals surface area contributed by atoms with Crippen molar-refractivity contribution in [1.29, 1.82) is 0 Å². The molecule has 1 aromatic heterocycles. The van der Waals surface area contributed by atoms with Gasteiger partial charge in [0, 0.05) is 26.0 Å². The van der Waals surface area contributed by atoms with Gasteiger partial charge in [0.25, 0.3) is 0 Å². The number of rotatable bonds is 3. The summed E-state index contributed by atoms with van der Waals surface area (Å²) in [6.07, 6.45) is -0.102. The van der Waals surface area contributed by atoms with Crippen LogP contribution in [0.4, 0.5) is 13.2 Å². The van der Waals surface area contributed by atoms with Crippen LogP contribution in [-0.4, -0.2) is 23.0 Å². The molecule has 0 aliphatic carbocycles. The predicted molar refractivity (Wildman–Crippen MR) is 55.4 cm³/mol. The average molecular weight is 248 g/mol. The minimum absolute atomic E-state index is 0.542. The highest BCUT2D eigenvalue weighted by Gasteiger charge is 2.33. The van der Waals surface area contributed by atoms with Crippen molar-refractivity contribution < 1.29 is 17.9 Å². The number of aromatic nitrogens is 2. The maximum atomic E-state index is 12.3. The molecule has 2 rings (SSSR count). The molecule has 0 amide bonds. The number of aryl methyl sites for hydroxylation is 1. The zero-order valence-corrected chi connectivity index (χ0v) is 9.41. The van der Waals surface area contributed by atoms with Gasteiger partial charge in [0.1, 0.15) is 0 Å². The fourth-order valence-electron chi connectivity index (χ4n) is 1.99. The minimum atomic E-state index is -4.34. The van der Waals surface area contributed by atoms with E-state index in [1.807, 2.05) is 0 Å². The first-order valence-electron chi connectivity index (χ1n) is 5.74. The van der Waals surface area contributed by atoms with Crippen LogP contribution in [0, 0.1) is 5.92 Å². The molecule has 2 heterocycles. The van der Waals surface area contributed by atoms with Crippen LogP contribution in [0.1, 0.15) is 25.0 Å². The van der Waals surface area contributed by atoms with Gasteiger partial charge in [0.05, 0.1) is 0 Å². The first-order chi connectivity index (χ1) is 8.05. The summed E-state index contributed by atoms with van der Waals surface area (Å²) in [5.74, 6) is 0.544. The molecule has 0 N–H and O–H groups in total. The molecule has 6 heteroatoms. The molecule has 0 saturated carbocycles. The van der Waals surface area contributed by atoms with Crippen LogP contribution in [0.25, 0.3) is 0 Å². The van der Waals surface area contributed by atoms with Gasteiger partial charge in [-0.05, 0) is 31.2 Å². The first kappa shape index (κ1) is 12.4. The van der Waals surface area contributed by atoms with Crippen molar-refractivity contribution in [3.63, 3.8) is 0 Å². The Balaban J connectivity index is 1.84. The molecule has 17 heavy (non-hydrogen) atoms. The molecule has 1 aliphatic heterocycles. The lowest BCUT2D eigenvalue weighted by molar-refractivity contribution is -0.141. The summed E-state index contributed by atoms with van der Waals surface area (Å²) in [6, 6.07) is 1.02. The second-order valence-electron chi connectivity index (χ2n) is 4.31. The third kappa shape index (κ3) is 3.46. The largest absolute Gasteiger partial charge is 0.435 e. The molecule has 1 aliphatic rings. The maximum absolute atomic E-state index is 12.3. The SMILES string of the molecule is FC(F)(F)c1ccn(CCC2CCOCC2)n1. The van der Waals surface area contributed by atoms with E-state index in [9.17, 15) is 13.2 Å². The van der Waals surface area contributed by atoms with E-state index in [4.69, 9.17) is 4.74 Å². The van der Waals surface area contributed by atoms with E-state index in [1.165, 1.54) is 10.9 Å². The maximum Gasteiger partial charge on any atom is 0.435 e. The van der Waals surface area contributed by atoms with Gasteiger partial charge in [-0.15, -0.1) is 0 Å². The topological polar surface area (TPSA) is 27.1 Å². The summed E-state index contributed by atoms with van der Waals surface area (Å²) in [7, 11) is 0. The van der Waals surface area contributed by atoms with Gasteiger partial charge in [-0.3, -0.25) is 4.68 Å². The van der Waals surface area contributed by atoms with E-state index in [0.717, 1.165) is 38.5 Å². The van der Waals surface area contributed by atoms with Crippen molar-refractivity contribution in [1.82, 2.24) is 9.78 Å². The normalized spacial score (nSPS) is 18.5. The van der Waals surface area contributed by atoms with Crippen LogP contribution < -0.4 is 0 Å². The molecular formula is C11H15F3N2O. The molecule has 1 saturated heterocycles. The van der Waals surface area contributed by atoms with Crippen LogP contribution in [0.15, 0.2) is 12.3 Å². The summed E-state index contributed by atoms with van der Waals surface area (Å²) in [4.78, 5) is 0. The number of halogens is 3. The van der Waals surface area contributed by atoms with E-state index in [2.05, 4.69) is 5.10 Å². The van der Waals surface area contributed by atoms with Crippen molar-refractivity contribution in [3.05, 3.63) is 18.0 Å². The highest BCUT2D eigenvalue weighted by atomic mass is 19.4. The third-order valence-electron chi connectivity index (χ3n) is 3.04. The van der Waals surface area contributed by atoms with Crippen molar-refractivity contribution in [2.75, 3.05) is 13.2 Å². The fourth-order valence-corrected chi connectivity index (χ4v) is 1.99. The standard InChI is InChI=1S/C11H15F3N2O/c12-11(13,14)10-2-6-16(15-10)5-1-9-3-7-17-8-4-9/h2,6,9H,1,3-5,7-8H2. The van der Waals surface area contributed by atoms with Crippen LogP contribution in [0.5, 0.6) is 0 Å². The first-order valence-corrected chi connectivity index (χ1v) is 5.74. The molecule has 96 valence electrons. The molecule has 0 bridgehead atoms. The van der Waals surface area contributed by atoms with Crippen molar-refractivity contribution in [2.24, 2.45) is 5.92 Å². The Hall–Kier alpha value is -1.04.